The van der Waals surface area contributed by atoms with Gasteiger partial charge >= 0.3 is 0 Å². The molecule has 0 heterocycles. The number of hydrogen-bond donors (Lipinski definition) is 0. The lowest BCUT2D eigenvalue weighted by atomic mass is 10.3. The molecule has 0 rings (SSSR count). The molecule has 0 radical (unpaired) electrons. The van der Waals surface area contributed by atoms with Crippen LogP contribution in [0.4, 0.5) is 0 Å². The van der Waals surface area contributed by atoms with Crippen molar-refractivity contribution in [2.75, 3.05) is 0 Å². The number of allylic oxidation sites excluding steroid dienone is 2. The van der Waals surface area contributed by atoms with Crippen molar-refractivity contribution in [3.05, 3.63) is 9.15 Å². The van der Waals surface area contributed by atoms with Crippen molar-refractivity contribution in [1.82, 2.24) is 0 Å². The van der Waals surface area contributed by atoms with Crippen molar-refractivity contribution in [2.45, 2.75) is 13.8 Å². The van der Waals surface area contributed by atoms with Crippen molar-refractivity contribution in [3.8, 4) is 0 Å². The lowest BCUT2D eigenvalue weighted by molar-refractivity contribution is -0.104. The summed E-state index contributed by atoms with van der Waals surface area (Å²) >= 11 is 2.12. The van der Waals surface area contributed by atoms with E-state index in [2.05, 4.69) is 22.6 Å². The van der Waals surface area contributed by atoms with Gasteiger partial charge in [-0.05, 0) is 45.6 Å². The smallest absolute Gasteiger partial charge is 0.146 e. The van der Waals surface area contributed by atoms with Crippen LogP contribution in [-0.2, 0) is 4.79 Å². The van der Waals surface area contributed by atoms with E-state index in [4.69, 9.17) is 0 Å². The minimum absolute atomic E-state index is 0.820. The number of carbonyl (C=O) groups is 1. The number of hydrogen-bond acceptors (Lipinski definition) is 1. The van der Waals surface area contributed by atoms with E-state index in [9.17, 15) is 4.79 Å². The predicted octanol–water partition coefficient (Wildman–Crippen LogP) is 1.91. The van der Waals surface area contributed by atoms with Crippen LogP contribution in [0.15, 0.2) is 9.15 Å². The van der Waals surface area contributed by atoms with E-state index < -0.39 is 0 Å². The largest absolute Gasteiger partial charge is 0.298 e. The summed E-state index contributed by atoms with van der Waals surface area (Å²) < 4.78 is 1.06. The molecule has 0 atom stereocenters. The summed E-state index contributed by atoms with van der Waals surface area (Å²) in [6.07, 6.45) is 0.863. The summed E-state index contributed by atoms with van der Waals surface area (Å²) in [5, 5.41) is 0. The fourth-order valence-electron chi connectivity index (χ4n) is 0.0812. The fraction of sp³-hybridized carbons (Fsp3) is 0.400. The molecular formula is C5H7IO. The predicted molar refractivity (Wildman–Crippen MR) is 38.5 cm³/mol. The first kappa shape index (κ1) is 7.14. The van der Waals surface area contributed by atoms with E-state index in [1.807, 2.05) is 6.92 Å². The lowest BCUT2D eigenvalue weighted by Crippen LogP contribution is -1.74. The van der Waals surface area contributed by atoms with E-state index >= 15 is 0 Å². The first-order valence-corrected chi connectivity index (χ1v) is 3.04. The maximum Gasteiger partial charge on any atom is 0.146 e. The molecular weight excluding hydrogens is 203 g/mol. The highest BCUT2D eigenvalue weighted by Gasteiger charge is 1.85. The van der Waals surface area contributed by atoms with Gasteiger partial charge in [-0.15, -0.1) is 0 Å². The van der Waals surface area contributed by atoms with Crippen molar-refractivity contribution in [3.63, 3.8) is 0 Å². The Hall–Kier alpha value is 0.140. The summed E-state index contributed by atoms with van der Waals surface area (Å²) in [6.45, 7) is 3.71. The average Bonchev–Trinajstić information content (AvgIpc) is 1.65. The van der Waals surface area contributed by atoms with Crippen molar-refractivity contribution in [1.29, 1.82) is 0 Å². The molecule has 0 aromatic rings. The number of carbonyl (C=O) groups excluding carboxylic acids is 1. The van der Waals surface area contributed by atoms with Crippen LogP contribution in [0.25, 0.3) is 0 Å². The zero-order valence-electron chi connectivity index (χ0n) is 4.36. The number of aldehydes is 1. The molecule has 0 bridgehead atoms. The van der Waals surface area contributed by atoms with Gasteiger partial charge in [0.05, 0.1) is 0 Å². The van der Waals surface area contributed by atoms with E-state index in [1.54, 1.807) is 6.92 Å². The molecule has 0 N–H and O–H groups in total. The van der Waals surface area contributed by atoms with E-state index in [1.165, 1.54) is 0 Å². The number of halogens is 1. The molecule has 0 aliphatic heterocycles. The Kier molecular flexibility index (Phi) is 3.25. The van der Waals surface area contributed by atoms with Gasteiger partial charge in [-0.3, -0.25) is 4.79 Å². The third-order valence-corrected chi connectivity index (χ3v) is 1.57. The second-order valence-corrected chi connectivity index (χ2v) is 2.95. The molecule has 0 fully saturated rings. The SMILES string of the molecule is C/C(I)=C(\C)C=O. The van der Waals surface area contributed by atoms with Gasteiger partial charge in [0.15, 0.2) is 0 Å². The monoisotopic (exact) mass is 210 g/mol. The second kappa shape index (κ2) is 3.18. The Morgan fingerprint density at radius 2 is 2.00 bits per heavy atom. The quantitative estimate of drug-likeness (QED) is 0.367. The van der Waals surface area contributed by atoms with Crippen molar-refractivity contribution >= 4 is 28.9 Å². The van der Waals surface area contributed by atoms with Crippen LogP contribution in [0, 0.1) is 0 Å². The molecule has 0 saturated heterocycles. The molecule has 1 nitrogen and oxygen atoms in total. The summed E-state index contributed by atoms with van der Waals surface area (Å²) in [5.74, 6) is 0. The van der Waals surface area contributed by atoms with E-state index in [0.717, 1.165) is 15.4 Å². The van der Waals surface area contributed by atoms with Crippen molar-refractivity contribution in [2.24, 2.45) is 0 Å². The van der Waals surface area contributed by atoms with Crippen LogP contribution >= 0.6 is 22.6 Å². The number of rotatable bonds is 1. The first-order valence-electron chi connectivity index (χ1n) is 1.96. The Morgan fingerprint density at radius 1 is 1.57 bits per heavy atom. The average molecular weight is 210 g/mol. The molecule has 0 aliphatic carbocycles. The van der Waals surface area contributed by atoms with Gasteiger partial charge in [0.2, 0.25) is 0 Å². The van der Waals surface area contributed by atoms with Gasteiger partial charge in [-0.2, -0.15) is 0 Å². The molecule has 7 heavy (non-hydrogen) atoms. The second-order valence-electron chi connectivity index (χ2n) is 1.33. The third-order valence-electron chi connectivity index (χ3n) is 0.720. The Labute approximate surface area is 56.9 Å². The molecule has 0 unspecified atom stereocenters. The highest BCUT2D eigenvalue weighted by Crippen LogP contribution is 2.07. The third kappa shape index (κ3) is 2.79. The molecule has 0 aliphatic rings. The van der Waals surface area contributed by atoms with E-state index in [0.29, 0.717) is 0 Å². The van der Waals surface area contributed by atoms with Crippen LogP contribution in [0.5, 0.6) is 0 Å². The lowest BCUT2D eigenvalue weighted by Gasteiger charge is -1.84. The maximum absolute atomic E-state index is 9.88. The Balaban J connectivity index is 3.98. The molecule has 0 amide bonds. The van der Waals surface area contributed by atoms with Gasteiger partial charge in [0.25, 0.3) is 0 Å². The van der Waals surface area contributed by atoms with Gasteiger partial charge in [0, 0.05) is 0 Å². The van der Waals surface area contributed by atoms with Crippen LogP contribution in [0.1, 0.15) is 13.8 Å². The van der Waals surface area contributed by atoms with Gasteiger partial charge < -0.3 is 0 Å². The fourth-order valence-corrected chi connectivity index (χ4v) is 0.208. The molecule has 40 valence electrons. The molecule has 0 spiro atoms. The highest BCUT2D eigenvalue weighted by molar-refractivity contribution is 14.1. The van der Waals surface area contributed by atoms with Gasteiger partial charge in [-0.1, -0.05) is 0 Å². The zero-order valence-corrected chi connectivity index (χ0v) is 6.52. The van der Waals surface area contributed by atoms with Gasteiger partial charge in [0.1, 0.15) is 6.29 Å². The Bertz CT molecular complexity index is 101. The van der Waals surface area contributed by atoms with E-state index in [-0.39, 0.29) is 0 Å². The topological polar surface area (TPSA) is 17.1 Å². The van der Waals surface area contributed by atoms with Crippen LogP contribution in [-0.4, -0.2) is 6.29 Å². The molecule has 0 aromatic heterocycles. The maximum atomic E-state index is 9.88. The van der Waals surface area contributed by atoms with Crippen LogP contribution in [0.3, 0.4) is 0 Å². The highest BCUT2D eigenvalue weighted by atomic mass is 127. The minimum atomic E-state index is 0.820. The van der Waals surface area contributed by atoms with Crippen LogP contribution in [0.2, 0.25) is 0 Å². The van der Waals surface area contributed by atoms with Crippen molar-refractivity contribution < 1.29 is 4.79 Å². The summed E-state index contributed by atoms with van der Waals surface area (Å²) in [7, 11) is 0. The minimum Gasteiger partial charge on any atom is -0.298 e. The summed E-state index contributed by atoms with van der Waals surface area (Å²) in [5.41, 5.74) is 0.820. The summed E-state index contributed by atoms with van der Waals surface area (Å²) in [4.78, 5) is 9.88. The van der Waals surface area contributed by atoms with Crippen LogP contribution < -0.4 is 0 Å². The summed E-state index contributed by atoms with van der Waals surface area (Å²) in [6, 6.07) is 0. The normalized spacial score (nSPS) is 13.0. The van der Waals surface area contributed by atoms with Gasteiger partial charge in [-0.25, -0.2) is 0 Å². The zero-order chi connectivity index (χ0) is 5.86. The standard InChI is InChI=1S/C5H7IO/c1-4(3-7)5(2)6/h3H,1-2H3/b5-4-. The first-order chi connectivity index (χ1) is 3.18. The molecule has 0 saturated carbocycles. The molecule has 0 aromatic carbocycles. The Morgan fingerprint density at radius 3 is 2.00 bits per heavy atom. The molecule has 2 heteroatoms.